The molecule has 1 aliphatic rings. The van der Waals surface area contributed by atoms with Crippen molar-refractivity contribution >= 4 is 15.8 Å². The molecular weight excluding hydrogens is 254 g/mol. The van der Waals surface area contributed by atoms with E-state index >= 15 is 0 Å². The molecule has 2 rings (SSSR count). The molecule has 18 heavy (non-hydrogen) atoms. The number of Topliss-reactive ketones (excluding diaryl/α,β-unsaturated/α-hetero) is 1. The summed E-state index contributed by atoms with van der Waals surface area (Å²) in [4.78, 5) is 11.7. The molecule has 1 aromatic rings. The lowest BCUT2D eigenvalue weighted by atomic mass is 9.91. The van der Waals surface area contributed by atoms with E-state index in [4.69, 9.17) is 5.11 Å². The van der Waals surface area contributed by atoms with E-state index < -0.39 is 27.7 Å². The maximum Gasteiger partial charge on any atom is 0.219 e. The summed E-state index contributed by atoms with van der Waals surface area (Å²) >= 11 is 0. The van der Waals surface area contributed by atoms with Gasteiger partial charge in [0.05, 0.1) is 6.10 Å². The summed E-state index contributed by atoms with van der Waals surface area (Å²) in [6.07, 6.45) is 0.403. The smallest absolute Gasteiger partial charge is 0.219 e. The van der Waals surface area contributed by atoms with E-state index in [1.165, 1.54) is 0 Å². The summed E-state index contributed by atoms with van der Waals surface area (Å²) in [5.41, 5.74) is 0.386. The average molecular weight is 269 g/mol. The highest BCUT2D eigenvalue weighted by Gasteiger charge is 2.31. The fourth-order valence-corrected chi connectivity index (χ4v) is 3.16. The van der Waals surface area contributed by atoms with E-state index in [1.54, 1.807) is 30.3 Å². The fourth-order valence-electron chi connectivity index (χ4n) is 1.86. The second-order valence-electron chi connectivity index (χ2n) is 4.49. The molecule has 0 unspecified atom stereocenters. The highest BCUT2D eigenvalue weighted by atomic mass is 32.2. The van der Waals surface area contributed by atoms with Crippen LogP contribution in [0.25, 0.3) is 0 Å². The summed E-state index contributed by atoms with van der Waals surface area (Å²) < 4.78 is 25.8. The summed E-state index contributed by atoms with van der Waals surface area (Å²) in [5, 5.41) is 9.07. The second-order valence-corrected chi connectivity index (χ2v) is 6.24. The number of ketones is 1. The van der Waals surface area contributed by atoms with Gasteiger partial charge in [0.1, 0.15) is 5.75 Å². The predicted octanol–water partition coefficient (Wildman–Crippen LogP) is 0.312. The Balaban J connectivity index is 1.94. The van der Waals surface area contributed by atoms with Crippen LogP contribution in [0, 0.1) is 0 Å². The Kier molecular flexibility index (Phi) is 3.79. The first-order valence-corrected chi connectivity index (χ1v) is 7.38. The van der Waals surface area contributed by atoms with Gasteiger partial charge in [-0.15, -0.1) is 0 Å². The zero-order valence-corrected chi connectivity index (χ0v) is 10.6. The van der Waals surface area contributed by atoms with E-state index in [0.29, 0.717) is 18.4 Å². The molecular formula is C12H15NO4S. The number of benzene rings is 1. The van der Waals surface area contributed by atoms with Crippen molar-refractivity contribution < 1.29 is 18.3 Å². The zero-order valence-electron chi connectivity index (χ0n) is 9.74. The van der Waals surface area contributed by atoms with Crippen LogP contribution >= 0.6 is 0 Å². The van der Waals surface area contributed by atoms with Crippen LogP contribution in [-0.4, -0.2) is 37.2 Å². The first-order valence-electron chi connectivity index (χ1n) is 5.72. The van der Waals surface area contributed by atoms with Gasteiger partial charge < -0.3 is 5.11 Å². The molecule has 1 aliphatic carbocycles. The quantitative estimate of drug-likeness (QED) is 0.754. The number of aliphatic hydroxyl groups excluding tert-OH is 1. The van der Waals surface area contributed by atoms with Crippen LogP contribution in [0.1, 0.15) is 23.2 Å². The van der Waals surface area contributed by atoms with Gasteiger partial charge in [0.2, 0.25) is 10.0 Å². The molecule has 6 heteroatoms. The summed E-state index contributed by atoms with van der Waals surface area (Å²) in [7, 11) is -3.62. The first-order chi connectivity index (χ1) is 8.46. The van der Waals surface area contributed by atoms with Crippen molar-refractivity contribution in [3.05, 3.63) is 35.9 Å². The SMILES string of the molecule is O=C(CS(=O)(=O)NC1CC(O)C1)c1ccccc1. The lowest BCUT2D eigenvalue weighted by Crippen LogP contribution is -2.48. The monoisotopic (exact) mass is 269 g/mol. The Labute approximate surface area is 106 Å². The third-order valence-corrected chi connectivity index (χ3v) is 4.21. The van der Waals surface area contributed by atoms with E-state index in [2.05, 4.69) is 4.72 Å². The van der Waals surface area contributed by atoms with Gasteiger partial charge in [-0.3, -0.25) is 4.79 Å². The molecule has 1 aromatic carbocycles. The maximum atomic E-state index is 11.7. The predicted molar refractivity (Wildman–Crippen MR) is 66.7 cm³/mol. The van der Waals surface area contributed by atoms with Gasteiger partial charge >= 0.3 is 0 Å². The molecule has 0 aliphatic heterocycles. The number of aliphatic hydroxyl groups is 1. The minimum absolute atomic E-state index is 0.242. The van der Waals surface area contributed by atoms with Crippen LogP contribution in [-0.2, 0) is 10.0 Å². The Hall–Kier alpha value is -1.24. The Morgan fingerprint density at radius 3 is 2.44 bits per heavy atom. The summed E-state index contributed by atoms with van der Waals surface area (Å²) in [6, 6.07) is 8.08. The average Bonchev–Trinajstić information content (AvgIpc) is 2.27. The van der Waals surface area contributed by atoms with Crippen molar-refractivity contribution in [1.82, 2.24) is 4.72 Å². The Bertz CT molecular complexity index is 520. The van der Waals surface area contributed by atoms with Gasteiger partial charge in [-0.2, -0.15) is 0 Å². The Morgan fingerprint density at radius 1 is 1.28 bits per heavy atom. The number of nitrogens with one attached hydrogen (secondary N) is 1. The molecule has 0 heterocycles. The maximum absolute atomic E-state index is 11.7. The van der Waals surface area contributed by atoms with Crippen molar-refractivity contribution in [2.24, 2.45) is 0 Å². The lowest BCUT2D eigenvalue weighted by molar-refractivity contribution is 0.0712. The van der Waals surface area contributed by atoms with Crippen LogP contribution in [0.15, 0.2) is 30.3 Å². The molecule has 0 saturated heterocycles. The third kappa shape index (κ3) is 3.38. The largest absolute Gasteiger partial charge is 0.393 e. The van der Waals surface area contributed by atoms with Crippen LogP contribution < -0.4 is 4.72 Å². The van der Waals surface area contributed by atoms with Crippen LogP contribution in [0.2, 0.25) is 0 Å². The van der Waals surface area contributed by atoms with Crippen LogP contribution in [0.4, 0.5) is 0 Å². The normalized spacial score (nSPS) is 23.4. The van der Waals surface area contributed by atoms with Gasteiger partial charge in [0.15, 0.2) is 5.78 Å². The molecule has 0 atom stereocenters. The van der Waals surface area contributed by atoms with Gasteiger partial charge in [-0.05, 0) is 12.8 Å². The molecule has 5 nitrogen and oxygen atoms in total. The number of rotatable bonds is 5. The third-order valence-electron chi connectivity index (χ3n) is 2.88. The number of carbonyl (C=O) groups excluding carboxylic acids is 1. The van der Waals surface area contributed by atoms with Gasteiger partial charge in [0, 0.05) is 11.6 Å². The highest BCUT2D eigenvalue weighted by Crippen LogP contribution is 2.20. The van der Waals surface area contributed by atoms with E-state index in [9.17, 15) is 13.2 Å². The Morgan fingerprint density at radius 2 is 1.89 bits per heavy atom. The van der Waals surface area contributed by atoms with Crippen molar-refractivity contribution in [2.45, 2.75) is 25.0 Å². The number of sulfonamides is 1. The highest BCUT2D eigenvalue weighted by molar-refractivity contribution is 7.90. The molecule has 0 amide bonds. The van der Waals surface area contributed by atoms with Crippen molar-refractivity contribution in [1.29, 1.82) is 0 Å². The molecule has 1 saturated carbocycles. The lowest BCUT2D eigenvalue weighted by Gasteiger charge is -2.31. The van der Waals surface area contributed by atoms with E-state index in [0.717, 1.165) is 0 Å². The van der Waals surface area contributed by atoms with E-state index in [-0.39, 0.29) is 6.04 Å². The molecule has 0 bridgehead atoms. The standard InChI is InChI=1S/C12H15NO4S/c14-11-6-10(7-11)13-18(16,17)8-12(15)9-4-2-1-3-5-9/h1-5,10-11,13-14H,6-8H2. The fraction of sp³-hybridized carbons (Fsp3) is 0.417. The minimum Gasteiger partial charge on any atom is -0.393 e. The van der Waals surface area contributed by atoms with Crippen LogP contribution in [0.5, 0.6) is 0 Å². The summed E-state index contributed by atoms with van der Waals surface area (Å²) in [5.74, 6) is -0.980. The molecule has 0 spiro atoms. The van der Waals surface area contributed by atoms with Crippen LogP contribution in [0.3, 0.4) is 0 Å². The molecule has 98 valence electrons. The van der Waals surface area contributed by atoms with Gasteiger partial charge in [0.25, 0.3) is 0 Å². The topological polar surface area (TPSA) is 83.5 Å². The zero-order chi connectivity index (χ0) is 13.2. The van der Waals surface area contributed by atoms with Gasteiger partial charge in [-0.25, -0.2) is 13.1 Å². The van der Waals surface area contributed by atoms with Crippen molar-refractivity contribution in [3.8, 4) is 0 Å². The molecule has 0 aromatic heterocycles. The molecule has 1 fully saturated rings. The number of hydrogen-bond donors (Lipinski definition) is 2. The number of carbonyl (C=O) groups is 1. The first kappa shape index (κ1) is 13.2. The molecule has 2 N–H and O–H groups in total. The van der Waals surface area contributed by atoms with Crippen molar-refractivity contribution in [3.63, 3.8) is 0 Å². The molecule has 0 radical (unpaired) electrons. The second kappa shape index (κ2) is 5.17. The number of hydrogen-bond acceptors (Lipinski definition) is 4. The van der Waals surface area contributed by atoms with E-state index in [1.807, 2.05) is 0 Å². The van der Waals surface area contributed by atoms with Crippen molar-refractivity contribution in [2.75, 3.05) is 5.75 Å². The van der Waals surface area contributed by atoms with Gasteiger partial charge in [-0.1, -0.05) is 30.3 Å². The minimum atomic E-state index is -3.62. The summed E-state index contributed by atoms with van der Waals surface area (Å²) in [6.45, 7) is 0.